The van der Waals surface area contributed by atoms with Crippen molar-refractivity contribution in [2.24, 2.45) is 5.92 Å². The largest absolute Gasteiger partial charge is 0.356 e. The van der Waals surface area contributed by atoms with Gasteiger partial charge in [-0.1, -0.05) is 0 Å². The number of rotatable bonds is 6. The van der Waals surface area contributed by atoms with Gasteiger partial charge in [-0.15, -0.1) is 0 Å². The topological polar surface area (TPSA) is 44.4 Å². The molecule has 4 heteroatoms. The normalized spacial score (nSPS) is 25.9. The van der Waals surface area contributed by atoms with Crippen LogP contribution < -0.4 is 10.6 Å². The highest BCUT2D eigenvalue weighted by Gasteiger charge is 2.25. The Hall–Kier alpha value is -0.610. The van der Waals surface area contributed by atoms with Gasteiger partial charge in [0.1, 0.15) is 0 Å². The summed E-state index contributed by atoms with van der Waals surface area (Å²) in [7, 11) is 2.08. The Balaban J connectivity index is 1.49. The van der Waals surface area contributed by atoms with Crippen LogP contribution in [0.25, 0.3) is 0 Å². The molecule has 0 aromatic rings. The Morgan fingerprint density at radius 1 is 1.31 bits per heavy atom. The second-order valence-corrected chi connectivity index (χ2v) is 5.12. The maximum Gasteiger partial charge on any atom is 0.224 e. The van der Waals surface area contributed by atoms with E-state index in [9.17, 15) is 4.79 Å². The molecule has 1 aliphatic heterocycles. The van der Waals surface area contributed by atoms with Crippen LogP contribution in [-0.2, 0) is 4.79 Å². The molecule has 16 heavy (non-hydrogen) atoms. The summed E-state index contributed by atoms with van der Waals surface area (Å²) in [5, 5.41) is 6.48. The van der Waals surface area contributed by atoms with E-state index in [4.69, 9.17) is 0 Å². The smallest absolute Gasteiger partial charge is 0.224 e. The third-order valence-corrected chi connectivity index (χ3v) is 3.43. The fourth-order valence-corrected chi connectivity index (χ4v) is 2.19. The highest BCUT2D eigenvalue weighted by Crippen LogP contribution is 2.18. The summed E-state index contributed by atoms with van der Waals surface area (Å²) in [4.78, 5) is 14.0. The van der Waals surface area contributed by atoms with Crippen molar-refractivity contribution in [2.75, 3.05) is 33.2 Å². The van der Waals surface area contributed by atoms with Crippen LogP contribution in [0.15, 0.2) is 0 Å². The van der Waals surface area contributed by atoms with Gasteiger partial charge in [0.25, 0.3) is 0 Å². The van der Waals surface area contributed by atoms with Crippen molar-refractivity contribution in [2.45, 2.75) is 31.7 Å². The summed E-state index contributed by atoms with van der Waals surface area (Å²) in [6.07, 6.45) is 4.73. The van der Waals surface area contributed by atoms with Gasteiger partial charge in [-0.2, -0.15) is 0 Å². The first-order valence-electron chi connectivity index (χ1n) is 6.45. The molecule has 0 aromatic heterocycles. The van der Waals surface area contributed by atoms with Crippen LogP contribution in [0.1, 0.15) is 25.7 Å². The highest BCUT2D eigenvalue weighted by atomic mass is 16.1. The van der Waals surface area contributed by atoms with E-state index in [-0.39, 0.29) is 11.8 Å². The van der Waals surface area contributed by atoms with Gasteiger partial charge in [0, 0.05) is 19.1 Å². The number of hydrogen-bond donors (Lipinski definition) is 2. The van der Waals surface area contributed by atoms with E-state index >= 15 is 0 Å². The minimum Gasteiger partial charge on any atom is -0.356 e. The zero-order chi connectivity index (χ0) is 11.4. The summed E-state index contributed by atoms with van der Waals surface area (Å²) in [6, 6.07) is 0.777. The number of nitrogens with one attached hydrogen (secondary N) is 2. The molecule has 2 rings (SSSR count). The molecule has 1 saturated heterocycles. The molecule has 1 amide bonds. The lowest BCUT2D eigenvalue weighted by atomic mass is 10.1. The molecule has 1 saturated carbocycles. The first-order valence-corrected chi connectivity index (χ1v) is 6.45. The molecule has 2 N–H and O–H groups in total. The number of carbonyl (C=O) groups excluding carboxylic acids is 1. The maximum atomic E-state index is 11.7. The predicted octanol–water partition coefficient (Wildman–Crippen LogP) is 0.196. The van der Waals surface area contributed by atoms with Gasteiger partial charge in [0.05, 0.1) is 5.92 Å². The molecule has 0 spiro atoms. The number of likely N-dealkylation sites (tertiary alicyclic amines) is 1. The number of hydrogen-bond acceptors (Lipinski definition) is 3. The Bertz CT molecular complexity index is 240. The molecule has 2 fully saturated rings. The second-order valence-electron chi connectivity index (χ2n) is 5.12. The van der Waals surface area contributed by atoms with Crippen LogP contribution in [0.4, 0.5) is 0 Å². The molecule has 0 bridgehead atoms. The van der Waals surface area contributed by atoms with Crippen LogP contribution in [0.3, 0.4) is 0 Å². The third-order valence-electron chi connectivity index (χ3n) is 3.43. The summed E-state index contributed by atoms with van der Waals surface area (Å²) in [6.45, 7) is 3.84. The Labute approximate surface area is 97.8 Å². The SMILES string of the molecule is CN1CCC(C(=O)NCCCNC2CC2)C1. The minimum atomic E-state index is 0.224. The monoisotopic (exact) mass is 225 g/mol. The van der Waals surface area contributed by atoms with Crippen molar-refractivity contribution < 1.29 is 4.79 Å². The van der Waals surface area contributed by atoms with E-state index in [1.54, 1.807) is 0 Å². The minimum absolute atomic E-state index is 0.224. The average Bonchev–Trinajstić information content (AvgIpc) is 2.99. The molecular weight excluding hydrogens is 202 g/mol. The van der Waals surface area contributed by atoms with Crippen molar-refractivity contribution in [3.8, 4) is 0 Å². The zero-order valence-corrected chi connectivity index (χ0v) is 10.2. The molecule has 2 aliphatic rings. The van der Waals surface area contributed by atoms with E-state index in [0.717, 1.165) is 45.1 Å². The quantitative estimate of drug-likeness (QED) is 0.635. The van der Waals surface area contributed by atoms with E-state index in [1.807, 2.05) is 0 Å². The number of nitrogens with zero attached hydrogens (tertiary/aromatic N) is 1. The van der Waals surface area contributed by atoms with Gasteiger partial charge >= 0.3 is 0 Å². The van der Waals surface area contributed by atoms with Gasteiger partial charge in [0.2, 0.25) is 5.91 Å². The van der Waals surface area contributed by atoms with Gasteiger partial charge in [-0.25, -0.2) is 0 Å². The van der Waals surface area contributed by atoms with Gasteiger partial charge in [0.15, 0.2) is 0 Å². The third kappa shape index (κ3) is 3.76. The standard InChI is InChI=1S/C12H23N3O/c1-15-8-5-10(9-15)12(16)14-7-2-6-13-11-3-4-11/h10-11,13H,2-9H2,1H3,(H,14,16). The van der Waals surface area contributed by atoms with Gasteiger partial charge in [-0.3, -0.25) is 4.79 Å². The lowest BCUT2D eigenvalue weighted by Gasteiger charge is -2.11. The maximum absolute atomic E-state index is 11.7. The van der Waals surface area contributed by atoms with Crippen molar-refractivity contribution in [1.29, 1.82) is 0 Å². The summed E-state index contributed by atoms with van der Waals surface area (Å²) in [5.74, 6) is 0.470. The molecular formula is C12H23N3O. The first-order chi connectivity index (χ1) is 7.75. The second kappa shape index (κ2) is 5.64. The van der Waals surface area contributed by atoms with Gasteiger partial charge in [-0.05, 0) is 45.8 Å². The van der Waals surface area contributed by atoms with E-state index in [0.29, 0.717) is 0 Å². The van der Waals surface area contributed by atoms with Crippen molar-refractivity contribution in [3.63, 3.8) is 0 Å². The fourth-order valence-electron chi connectivity index (χ4n) is 2.19. The predicted molar refractivity (Wildman–Crippen MR) is 64.3 cm³/mol. The number of amides is 1. The van der Waals surface area contributed by atoms with Crippen LogP contribution in [0, 0.1) is 5.92 Å². The molecule has 4 nitrogen and oxygen atoms in total. The van der Waals surface area contributed by atoms with E-state index < -0.39 is 0 Å². The van der Waals surface area contributed by atoms with Crippen LogP contribution in [0.5, 0.6) is 0 Å². The molecule has 1 unspecified atom stereocenters. The zero-order valence-electron chi connectivity index (χ0n) is 10.2. The molecule has 92 valence electrons. The first kappa shape index (κ1) is 11.9. The van der Waals surface area contributed by atoms with Crippen molar-refractivity contribution in [3.05, 3.63) is 0 Å². The van der Waals surface area contributed by atoms with Crippen molar-refractivity contribution in [1.82, 2.24) is 15.5 Å². The summed E-state index contributed by atoms with van der Waals surface area (Å²) in [5.41, 5.74) is 0. The molecule has 0 radical (unpaired) electrons. The van der Waals surface area contributed by atoms with Crippen LogP contribution in [0.2, 0.25) is 0 Å². The van der Waals surface area contributed by atoms with Crippen molar-refractivity contribution >= 4 is 5.91 Å². The van der Waals surface area contributed by atoms with Gasteiger partial charge < -0.3 is 15.5 Å². The van der Waals surface area contributed by atoms with Crippen LogP contribution in [-0.4, -0.2) is 50.1 Å². The molecule has 1 heterocycles. The highest BCUT2D eigenvalue weighted by molar-refractivity contribution is 5.79. The van der Waals surface area contributed by atoms with E-state index in [1.165, 1.54) is 12.8 Å². The molecule has 1 atom stereocenters. The Morgan fingerprint density at radius 3 is 2.75 bits per heavy atom. The molecule has 1 aliphatic carbocycles. The summed E-state index contributed by atoms with van der Waals surface area (Å²) >= 11 is 0. The van der Waals surface area contributed by atoms with E-state index in [2.05, 4.69) is 22.6 Å². The lowest BCUT2D eigenvalue weighted by Crippen LogP contribution is -2.34. The summed E-state index contributed by atoms with van der Waals surface area (Å²) < 4.78 is 0. The Morgan fingerprint density at radius 2 is 2.12 bits per heavy atom. The fraction of sp³-hybridized carbons (Fsp3) is 0.917. The lowest BCUT2D eigenvalue weighted by molar-refractivity contribution is -0.124. The average molecular weight is 225 g/mol. The Kier molecular flexibility index (Phi) is 4.18. The molecule has 0 aromatic carbocycles. The number of carbonyl (C=O) groups is 1. The van der Waals surface area contributed by atoms with Crippen LogP contribution >= 0.6 is 0 Å².